The van der Waals surface area contributed by atoms with Crippen LogP contribution in [0.2, 0.25) is 0 Å². The van der Waals surface area contributed by atoms with Crippen molar-refractivity contribution < 1.29 is 9.21 Å². The maximum atomic E-state index is 12.1. The lowest BCUT2D eigenvalue weighted by Crippen LogP contribution is -2.19. The molecule has 3 aromatic carbocycles. The van der Waals surface area contributed by atoms with Gasteiger partial charge in [0.15, 0.2) is 5.82 Å². The van der Waals surface area contributed by atoms with Crippen LogP contribution in [-0.4, -0.2) is 32.7 Å². The number of aromatic nitrogens is 4. The third kappa shape index (κ3) is 5.33. The standard InChI is InChI=1S/C30H25N7O2/c38-30(36-24-16-18-34-37-24)35-23-13-11-20(12-14-23)15-17-31-28-26-25(21-7-3-1-4-8-21)27(22-9-5-2-6-10-22)39-29(26)33-19-32-28/h1-14,16,18-19H,15,17H2,(H,31,32,33)(H3,34,35,36,37,38). The number of amides is 2. The summed E-state index contributed by atoms with van der Waals surface area (Å²) < 4.78 is 6.29. The summed E-state index contributed by atoms with van der Waals surface area (Å²) in [5.74, 6) is 1.94. The summed E-state index contributed by atoms with van der Waals surface area (Å²) in [6, 6.07) is 29.2. The van der Waals surface area contributed by atoms with E-state index in [1.54, 1.807) is 12.3 Å². The number of carbonyl (C=O) groups excluding carboxylic acids is 1. The first-order valence-corrected chi connectivity index (χ1v) is 12.5. The van der Waals surface area contributed by atoms with Crippen molar-refractivity contribution in [3.8, 4) is 22.5 Å². The van der Waals surface area contributed by atoms with Crippen molar-refractivity contribution in [3.05, 3.63) is 109 Å². The Morgan fingerprint density at radius 3 is 2.28 bits per heavy atom. The number of nitrogens with zero attached hydrogens (tertiary/aromatic N) is 3. The molecule has 0 bridgehead atoms. The molecule has 3 aromatic heterocycles. The first kappa shape index (κ1) is 23.9. The lowest BCUT2D eigenvalue weighted by molar-refractivity contribution is 0.262. The lowest BCUT2D eigenvalue weighted by atomic mass is 9.99. The first-order valence-electron chi connectivity index (χ1n) is 12.5. The second-order valence-corrected chi connectivity index (χ2v) is 8.85. The molecule has 192 valence electrons. The smallest absolute Gasteiger partial charge is 0.324 e. The van der Waals surface area contributed by atoms with Crippen LogP contribution in [0.15, 0.2) is 108 Å². The molecule has 0 aliphatic heterocycles. The number of aromatic amines is 1. The highest BCUT2D eigenvalue weighted by atomic mass is 16.3. The van der Waals surface area contributed by atoms with E-state index in [4.69, 9.17) is 4.42 Å². The zero-order valence-corrected chi connectivity index (χ0v) is 20.9. The minimum absolute atomic E-state index is 0.353. The van der Waals surface area contributed by atoms with Gasteiger partial charge >= 0.3 is 6.03 Å². The van der Waals surface area contributed by atoms with Crippen molar-refractivity contribution in [1.82, 2.24) is 20.2 Å². The van der Waals surface area contributed by atoms with Gasteiger partial charge < -0.3 is 15.1 Å². The molecule has 39 heavy (non-hydrogen) atoms. The van der Waals surface area contributed by atoms with Gasteiger partial charge in [-0.25, -0.2) is 14.8 Å². The molecule has 4 N–H and O–H groups in total. The summed E-state index contributed by atoms with van der Waals surface area (Å²) in [5.41, 5.74) is 5.32. The van der Waals surface area contributed by atoms with Crippen molar-refractivity contribution in [2.75, 3.05) is 22.5 Å². The van der Waals surface area contributed by atoms with Crippen LogP contribution in [0.25, 0.3) is 33.6 Å². The third-order valence-electron chi connectivity index (χ3n) is 6.25. The van der Waals surface area contributed by atoms with E-state index in [-0.39, 0.29) is 6.03 Å². The number of H-pyrrole nitrogens is 1. The van der Waals surface area contributed by atoms with Crippen molar-refractivity contribution in [3.63, 3.8) is 0 Å². The van der Waals surface area contributed by atoms with Crippen LogP contribution in [-0.2, 0) is 6.42 Å². The molecule has 9 heteroatoms. The molecule has 6 aromatic rings. The van der Waals surface area contributed by atoms with Gasteiger partial charge in [0, 0.05) is 35.6 Å². The van der Waals surface area contributed by atoms with E-state index < -0.39 is 0 Å². The Bertz CT molecular complexity index is 1680. The first-order chi connectivity index (χ1) is 19.2. The molecule has 2 amide bonds. The average molecular weight is 516 g/mol. The summed E-state index contributed by atoms with van der Waals surface area (Å²) in [7, 11) is 0. The van der Waals surface area contributed by atoms with E-state index in [1.807, 2.05) is 72.8 Å². The molecular formula is C30H25N7O2. The highest BCUT2D eigenvalue weighted by molar-refractivity contribution is 6.05. The normalized spacial score (nSPS) is 10.9. The zero-order valence-electron chi connectivity index (χ0n) is 20.9. The van der Waals surface area contributed by atoms with Gasteiger partial charge in [-0.2, -0.15) is 5.10 Å². The van der Waals surface area contributed by atoms with Crippen molar-refractivity contribution in [2.45, 2.75) is 6.42 Å². The molecular weight excluding hydrogens is 490 g/mol. The molecule has 0 saturated carbocycles. The average Bonchev–Trinajstić information content (AvgIpc) is 3.63. The lowest BCUT2D eigenvalue weighted by Gasteiger charge is -2.10. The fraction of sp³-hybridized carbons (Fsp3) is 0.0667. The molecule has 0 saturated heterocycles. The van der Waals surface area contributed by atoms with Crippen LogP contribution >= 0.6 is 0 Å². The molecule has 3 heterocycles. The van der Waals surface area contributed by atoms with Crippen LogP contribution in [0.1, 0.15) is 5.56 Å². The Morgan fingerprint density at radius 2 is 1.56 bits per heavy atom. The van der Waals surface area contributed by atoms with Crippen LogP contribution < -0.4 is 16.0 Å². The molecule has 0 fully saturated rings. The number of nitrogens with one attached hydrogen (secondary N) is 4. The monoisotopic (exact) mass is 515 g/mol. The van der Waals surface area contributed by atoms with E-state index in [0.29, 0.717) is 23.8 Å². The second-order valence-electron chi connectivity index (χ2n) is 8.85. The highest BCUT2D eigenvalue weighted by Crippen LogP contribution is 2.42. The van der Waals surface area contributed by atoms with Gasteiger partial charge in [0.2, 0.25) is 5.71 Å². The topological polar surface area (TPSA) is 121 Å². The minimum Gasteiger partial charge on any atom is -0.437 e. The summed E-state index contributed by atoms with van der Waals surface area (Å²) in [5, 5.41) is 16.4. The Kier molecular flexibility index (Phi) is 6.68. The summed E-state index contributed by atoms with van der Waals surface area (Å²) >= 11 is 0. The molecule has 6 rings (SSSR count). The number of carbonyl (C=O) groups is 1. The fourth-order valence-electron chi connectivity index (χ4n) is 4.43. The van der Waals surface area contributed by atoms with Gasteiger partial charge in [0.25, 0.3) is 0 Å². The van der Waals surface area contributed by atoms with Crippen molar-refractivity contribution >= 4 is 34.5 Å². The Hall–Kier alpha value is -5.44. The van der Waals surface area contributed by atoms with Crippen LogP contribution in [0.4, 0.5) is 22.1 Å². The molecule has 0 radical (unpaired) electrons. The molecule has 0 spiro atoms. The molecule has 0 aliphatic carbocycles. The fourth-order valence-corrected chi connectivity index (χ4v) is 4.43. The molecule has 0 atom stereocenters. The third-order valence-corrected chi connectivity index (χ3v) is 6.25. The van der Waals surface area contributed by atoms with Gasteiger partial charge in [0.1, 0.15) is 17.9 Å². The summed E-state index contributed by atoms with van der Waals surface area (Å²) in [6.45, 7) is 0.651. The van der Waals surface area contributed by atoms with Crippen molar-refractivity contribution in [1.29, 1.82) is 0 Å². The number of benzene rings is 3. The number of rotatable bonds is 8. The molecule has 9 nitrogen and oxygen atoms in total. The van der Waals surface area contributed by atoms with E-state index in [2.05, 4.69) is 48.2 Å². The summed E-state index contributed by atoms with van der Waals surface area (Å²) in [4.78, 5) is 21.1. The highest BCUT2D eigenvalue weighted by Gasteiger charge is 2.21. The SMILES string of the molecule is O=C(Nc1ccc(CCNc2ncnc3oc(-c4ccccc4)c(-c4ccccc4)c23)cc1)Nc1cc[nH]n1. The molecule has 0 aliphatic rings. The summed E-state index contributed by atoms with van der Waals surface area (Å²) in [6.07, 6.45) is 3.92. The number of urea groups is 1. The van der Waals surface area contributed by atoms with Gasteiger partial charge in [-0.3, -0.25) is 10.4 Å². The zero-order chi connectivity index (χ0) is 26.4. The van der Waals surface area contributed by atoms with Crippen LogP contribution in [0, 0.1) is 0 Å². The van der Waals surface area contributed by atoms with Gasteiger partial charge in [-0.15, -0.1) is 0 Å². The predicted octanol–water partition coefficient (Wildman–Crippen LogP) is 6.58. The van der Waals surface area contributed by atoms with Gasteiger partial charge in [0.05, 0.1) is 5.39 Å². The number of fused-ring (bicyclic) bond motifs is 1. The maximum Gasteiger partial charge on any atom is 0.324 e. The Morgan fingerprint density at radius 1 is 0.821 bits per heavy atom. The van der Waals surface area contributed by atoms with Gasteiger partial charge in [-0.1, -0.05) is 72.8 Å². The van der Waals surface area contributed by atoms with E-state index in [1.165, 1.54) is 6.33 Å². The Balaban J connectivity index is 1.19. The van der Waals surface area contributed by atoms with Crippen LogP contribution in [0.3, 0.4) is 0 Å². The number of anilines is 3. The molecule has 0 unspecified atom stereocenters. The maximum absolute atomic E-state index is 12.1. The number of hydrogen-bond donors (Lipinski definition) is 4. The van der Waals surface area contributed by atoms with E-state index in [9.17, 15) is 4.79 Å². The van der Waals surface area contributed by atoms with E-state index >= 15 is 0 Å². The van der Waals surface area contributed by atoms with Gasteiger partial charge in [-0.05, 0) is 29.7 Å². The number of hydrogen-bond acceptors (Lipinski definition) is 6. The van der Waals surface area contributed by atoms with Crippen LogP contribution in [0.5, 0.6) is 0 Å². The number of furan rings is 1. The quantitative estimate of drug-likeness (QED) is 0.182. The largest absolute Gasteiger partial charge is 0.437 e. The van der Waals surface area contributed by atoms with E-state index in [0.717, 1.165) is 45.6 Å². The second kappa shape index (κ2) is 10.9. The minimum atomic E-state index is -0.353. The van der Waals surface area contributed by atoms with Crippen molar-refractivity contribution in [2.24, 2.45) is 0 Å². The predicted molar refractivity (Wildman–Crippen MR) is 153 cm³/mol. The Labute approximate surface area is 224 Å².